The van der Waals surface area contributed by atoms with Crippen molar-refractivity contribution in [2.45, 2.75) is 19.8 Å². The molecule has 0 radical (unpaired) electrons. The lowest BCUT2D eigenvalue weighted by Gasteiger charge is -2.17. The number of benzene rings is 5. The third-order valence-electron chi connectivity index (χ3n) is 7.20. The summed E-state index contributed by atoms with van der Waals surface area (Å²) in [4.78, 5) is 5.15. The Morgan fingerprint density at radius 1 is 0.676 bits per heavy atom. The first-order valence-electron chi connectivity index (χ1n) is 12.8. The number of thiophene rings is 1. The molecule has 7 aromatic rings. The molecule has 0 bridgehead atoms. The van der Waals surface area contributed by atoms with Crippen LogP contribution in [0.25, 0.3) is 59.4 Å². The summed E-state index contributed by atoms with van der Waals surface area (Å²) in [5.74, 6) is 1.34. The van der Waals surface area contributed by atoms with E-state index in [-0.39, 0.29) is 0 Å². The molecule has 0 aliphatic heterocycles. The van der Waals surface area contributed by atoms with Crippen LogP contribution < -0.4 is 0 Å². The number of fused-ring (bicyclic) bond motifs is 4. The highest BCUT2D eigenvalue weighted by Crippen LogP contribution is 2.42. The minimum absolute atomic E-state index is 0.348. The minimum Gasteiger partial charge on any atom is -0.292 e. The van der Waals surface area contributed by atoms with Gasteiger partial charge in [0.1, 0.15) is 5.82 Å². The molecule has 7 rings (SSSR count). The van der Waals surface area contributed by atoms with Gasteiger partial charge >= 0.3 is 0 Å². The van der Waals surface area contributed by atoms with E-state index in [9.17, 15) is 0 Å². The van der Waals surface area contributed by atoms with Crippen molar-refractivity contribution in [3.05, 3.63) is 121 Å². The van der Waals surface area contributed by atoms with Crippen molar-refractivity contribution in [3.8, 4) is 28.2 Å². The minimum atomic E-state index is 0.348. The van der Waals surface area contributed by atoms with Crippen LogP contribution in [0.3, 0.4) is 0 Å². The molecule has 0 aliphatic carbocycles. The van der Waals surface area contributed by atoms with Crippen LogP contribution in [0.2, 0.25) is 0 Å². The van der Waals surface area contributed by atoms with Crippen molar-refractivity contribution in [3.63, 3.8) is 0 Å². The molecule has 37 heavy (non-hydrogen) atoms. The maximum absolute atomic E-state index is 5.15. The Morgan fingerprint density at radius 3 is 2.30 bits per heavy atom. The summed E-state index contributed by atoms with van der Waals surface area (Å²) in [5, 5.41) is 2.67. The van der Waals surface area contributed by atoms with Gasteiger partial charge in [-0.15, -0.1) is 11.3 Å². The van der Waals surface area contributed by atoms with Crippen molar-refractivity contribution in [2.75, 3.05) is 0 Å². The second-order valence-electron chi connectivity index (χ2n) is 9.83. The molecule has 0 atom stereocenters. The summed E-state index contributed by atoms with van der Waals surface area (Å²) in [6, 6.07) is 41.3. The van der Waals surface area contributed by atoms with Crippen molar-refractivity contribution >= 4 is 42.5 Å². The second-order valence-corrected chi connectivity index (χ2v) is 10.9. The van der Waals surface area contributed by atoms with Crippen LogP contribution in [0.1, 0.15) is 25.3 Å². The van der Waals surface area contributed by atoms with Crippen LogP contribution >= 0.6 is 11.3 Å². The highest BCUT2D eigenvalue weighted by molar-refractivity contribution is 7.26. The highest BCUT2D eigenvalue weighted by Gasteiger charge is 2.19. The van der Waals surface area contributed by atoms with Crippen molar-refractivity contribution in [1.82, 2.24) is 9.55 Å². The summed E-state index contributed by atoms with van der Waals surface area (Å²) < 4.78 is 4.98. The lowest BCUT2D eigenvalue weighted by molar-refractivity contribution is 0.866. The molecule has 0 amide bonds. The van der Waals surface area contributed by atoms with Gasteiger partial charge in [-0.3, -0.25) is 4.57 Å². The number of hydrogen-bond donors (Lipinski definition) is 0. The van der Waals surface area contributed by atoms with Gasteiger partial charge in [0.15, 0.2) is 0 Å². The number of aromatic nitrogens is 2. The van der Waals surface area contributed by atoms with Crippen LogP contribution in [0, 0.1) is 0 Å². The van der Waals surface area contributed by atoms with Gasteiger partial charge < -0.3 is 0 Å². The molecule has 0 spiro atoms. The average Bonchev–Trinajstić information content (AvgIpc) is 3.52. The van der Waals surface area contributed by atoms with Crippen molar-refractivity contribution in [1.29, 1.82) is 0 Å². The van der Waals surface area contributed by atoms with E-state index in [0.717, 1.165) is 22.5 Å². The second kappa shape index (κ2) is 8.72. The SMILES string of the molecule is CC(C)c1cc(-c2cccc3c2sc2ccccc23)ccc1-c1nc2ccccc2n1-c1ccccc1. The molecular formula is C34H26N2S. The molecule has 178 valence electrons. The van der Waals surface area contributed by atoms with Crippen LogP contribution in [0.5, 0.6) is 0 Å². The molecule has 2 nitrogen and oxygen atoms in total. The fourth-order valence-corrected chi connectivity index (χ4v) is 6.67. The number of rotatable bonds is 4. The number of hydrogen-bond acceptors (Lipinski definition) is 2. The Hall–Kier alpha value is -4.21. The van der Waals surface area contributed by atoms with Crippen LogP contribution in [0.15, 0.2) is 115 Å². The fraction of sp³-hybridized carbons (Fsp3) is 0.0882. The van der Waals surface area contributed by atoms with E-state index in [1.165, 1.54) is 42.4 Å². The lowest BCUT2D eigenvalue weighted by atomic mass is 9.92. The van der Waals surface area contributed by atoms with E-state index in [1.807, 2.05) is 11.3 Å². The lowest BCUT2D eigenvalue weighted by Crippen LogP contribution is -2.01. The molecule has 5 aromatic carbocycles. The van der Waals surface area contributed by atoms with Gasteiger partial charge in [0.05, 0.1) is 11.0 Å². The number of imidazole rings is 1. The first-order valence-corrected chi connectivity index (χ1v) is 13.6. The smallest absolute Gasteiger partial charge is 0.146 e. The van der Waals surface area contributed by atoms with Crippen LogP contribution in [-0.2, 0) is 0 Å². The Morgan fingerprint density at radius 2 is 1.43 bits per heavy atom. The first kappa shape index (κ1) is 22.0. The maximum atomic E-state index is 5.15. The van der Waals surface area contributed by atoms with Crippen LogP contribution in [-0.4, -0.2) is 9.55 Å². The Kier molecular flexibility index (Phi) is 5.19. The highest BCUT2D eigenvalue weighted by atomic mass is 32.1. The van der Waals surface area contributed by atoms with Gasteiger partial charge in [0, 0.05) is 31.4 Å². The number of para-hydroxylation sites is 3. The molecule has 0 fully saturated rings. The predicted molar refractivity (Wildman–Crippen MR) is 159 cm³/mol. The predicted octanol–water partition coefficient (Wildman–Crippen LogP) is 9.85. The fourth-order valence-electron chi connectivity index (χ4n) is 5.43. The van der Waals surface area contributed by atoms with E-state index in [4.69, 9.17) is 4.98 Å². The van der Waals surface area contributed by atoms with E-state index in [1.54, 1.807) is 0 Å². The van der Waals surface area contributed by atoms with E-state index in [0.29, 0.717) is 5.92 Å². The Labute approximate surface area is 220 Å². The Bertz CT molecular complexity index is 1910. The van der Waals surface area contributed by atoms with E-state index in [2.05, 4.69) is 134 Å². The average molecular weight is 495 g/mol. The van der Waals surface area contributed by atoms with Crippen molar-refractivity contribution in [2.24, 2.45) is 0 Å². The summed E-state index contributed by atoms with van der Waals surface area (Å²) in [7, 11) is 0. The summed E-state index contributed by atoms with van der Waals surface area (Å²) in [5.41, 5.74) is 8.30. The molecule has 0 saturated carbocycles. The molecule has 2 heterocycles. The molecule has 0 unspecified atom stereocenters. The maximum Gasteiger partial charge on any atom is 0.146 e. The van der Waals surface area contributed by atoms with Gasteiger partial charge in [-0.05, 0) is 52.9 Å². The van der Waals surface area contributed by atoms with Crippen molar-refractivity contribution < 1.29 is 0 Å². The standard InChI is InChI=1S/C34H26N2S/c1-22(2)29-21-23(25-14-10-15-27-26-13-6-9-18-32(26)37-33(25)27)19-20-28(29)34-35-30-16-7-8-17-31(30)36(34)24-11-4-3-5-12-24/h3-22H,1-2H3. The summed E-state index contributed by atoms with van der Waals surface area (Å²) in [6.07, 6.45) is 0. The topological polar surface area (TPSA) is 17.8 Å². The molecule has 0 aliphatic rings. The van der Waals surface area contributed by atoms with Gasteiger partial charge in [-0.1, -0.05) is 98.8 Å². The summed E-state index contributed by atoms with van der Waals surface area (Å²) >= 11 is 1.88. The molecule has 2 aromatic heterocycles. The van der Waals surface area contributed by atoms with E-state index >= 15 is 0 Å². The van der Waals surface area contributed by atoms with Gasteiger partial charge in [0.25, 0.3) is 0 Å². The van der Waals surface area contributed by atoms with Gasteiger partial charge in [0.2, 0.25) is 0 Å². The molecular weight excluding hydrogens is 468 g/mol. The molecule has 0 saturated heterocycles. The normalized spacial score (nSPS) is 11.8. The zero-order valence-electron chi connectivity index (χ0n) is 20.8. The molecule has 0 N–H and O–H groups in total. The quantitative estimate of drug-likeness (QED) is 0.238. The zero-order valence-corrected chi connectivity index (χ0v) is 21.7. The van der Waals surface area contributed by atoms with Gasteiger partial charge in [-0.2, -0.15) is 0 Å². The van der Waals surface area contributed by atoms with E-state index < -0.39 is 0 Å². The number of nitrogens with zero attached hydrogens (tertiary/aromatic N) is 2. The van der Waals surface area contributed by atoms with Crippen LogP contribution in [0.4, 0.5) is 0 Å². The zero-order chi connectivity index (χ0) is 24.9. The first-order chi connectivity index (χ1) is 18.2. The Balaban J connectivity index is 1.46. The third-order valence-corrected chi connectivity index (χ3v) is 8.42. The third kappa shape index (κ3) is 3.58. The summed E-state index contributed by atoms with van der Waals surface area (Å²) in [6.45, 7) is 4.55. The monoisotopic (exact) mass is 494 g/mol. The van der Waals surface area contributed by atoms with Gasteiger partial charge in [-0.25, -0.2) is 4.98 Å². The largest absolute Gasteiger partial charge is 0.292 e. The molecule has 3 heteroatoms.